The van der Waals surface area contributed by atoms with Crippen LogP contribution in [0.25, 0.3) is 0 Å². The van der Waals surface area contributed by atoms with E-state index in [9.17, 15) is 9.18 Å². The maximum atomic E-state index is 12.6. The van der Waals surface area contributed by atoms with Crippen LogP contribution in [0.5, 0.6) is 0 Å². The van der Waals surface area contributed by atoms with Crippen molar-refractivity contribution in [3.63, 3.8) is 0 Å². The number of benzene rings is 1. The monoisotopic (exact) mass is 356 g/mol. The first-order valence-corrected chi connectivity index (χ1v) is 6.33. The molecule has 0 aliphatic rings. The molecule has 5 heteroatoms. The van der Waals surface area contributed by atoms with Crippen LogP contribution in [0.2, 0.25) is 0 Å². The van der Waals surface area contributed by atoms with Gasteiger partial charge in [-0.05, 0) is 65.4 Å². The van der Waals surface area contributed by atoms with Crippen molar-refractivity contribution in [3.05, 3.63) is 57.2 Å². The molecule has 1 N–H and O–H groups in total. The molecular weight excluding hydrogens is 346 g/mol. The summed E-state index contributed by atoms with van der Waals surface area (Å²) in [6, 6.07) is 8.28. The van der Waals surface area contributed by atoms with Gasteiger partial charge >= 0.3 is 0 Å². The number of pyridine rings is 1. The lowest BCUT2D eigenvalue weighted by Gasteiger charge is -2.08. The number of carbonyl (C=O) groups is 1. The number of hydrogen-bond acceptors (Lipinski definition) is 2. The van der Waals surface area contributed by atoms with E-state index in [-0.39, 0.29) is 5.91 Å². The van der Waals surface area contributed by atoms with Crippen LogP contribution in [0.3, 0.4) is 0 Å². The average Bonchev–Trinajstić information content (AvgIpc) is 2.33. The Morgan fingerprint density at radius 1 is 1.33 bits per heavy atom. The Morgan fingerprint density at radius 3 is 2.72 bits per heavy atom. The van der Waals surface area contributed by atoms with Gasteiger partial charge in [-0.3, -0.25) is 4.79 Å². The number of halogens is 2. The quantitative estimate of drug-likeness (QED) is 0.662. The van der Waals surface area contributed by atoms with Gasteiger partial charge in [0.05, 0.1) is 5.56 Å². The van der Waals surface area contributed by atoms with E-state index < -0.39 is 5.95 Å². The summed E-state index contributed by atoms with van der Waals surface area (Å²) in [6.45, 7) is 1.92. The molecule has 0 spiro atoms. The van der Waals surface area contributed by atoms with Gasteiger partial charge in [0.2, 0.25) is 5.95 Å². The summed E-state index contributed by atoms with van der Waals surface area (Å²) in [5.74, 6) is -0.899. The zero-order chi connectivity index (χ0) is 13.1. The highest BCUT2D eigenvalue weighted by Crippen LogP contribution is 2.18. The Kier molecular flexibility index (Phi) is 3.90. The van der Waals surface area contributed by atoms with Gasteiger partial charge in [-0.2, -0.15) is 4.39 Å². The molecule has 2 aromatic rings. The van der Waals surface area contributed by atoms with Gasteiger partial charge < -0.3 is 5.32 Å². The minimum Gasteiger partial charge on any atom is -0.322 e. The molecule has 1 aromatic heterocycles. The van der Waals surface area contributed by atoms with E-state index in [1.54, 1.807) is 0 Å². The molecule has 0 unspecified atom stereocenters. The topological polar surface area (TPSA) is 42.0 Å². The number of aromatic nitrogens is 1. The van der Waals surface area contributed by atoms with Crippen molar-refractivity contribution < 1.29 is 9.18 Å². The molecule has 2 rings (SSSR count). The smallest absolute Gasteiger partial charge is 0.257 e. The lowest BCUT2D eigenvalue weighted by Crippen LogP contribution is -2.13. The van der Waals surface area contributed by atoms with Crippen LogP contribution >= 0.6 is 22.6 Å². The highest BCUT2D eigenvalue weighted by Gasteiger charge is 2.08. The summed E-state index contributed by atoms with van der Waals surface area (Å²) in [5.41, 5.74) is 2.05. The maximum Gasteiger partial charge on any atom is 0.257 e. The van der Waals surface area contributed by atoms with Crippen LogP contribution < -0.4 is 5.32 Å². The van der Waals surface area contributed by atoms with Crippen molar-refractivity contribution in [3.8, 4) is 0 Å². The molecule has 0 radical (unpaired) electrons. The van der Waals surface area contributed by atoms with Crippen LogP contribution in [0.15, 0.2) is 36.5 Å². The van der Waals surface area contributed by atoms with Crippen LogP contribution in [0, 0.1) is 16.4 Å². The van der Waals surface area contributed by atoms with Gasteiger partial charge in [-0.25, -0.2) is 4.98 Å². The molecule has 0 saturated heterocycles. The maximum absolute atomic E-state index is 12.6. The fraction of sp³-hybridized carbons (Fsp3) is 0.0769. The van der Waals surface area contributed by atoms with Gasteiger partial charge in [0.15, 0.2) is 0 Å². The molecule has 1 aromatic carbocycles. The van der Waals surface area contributed by atoms with Gasteiger partial charge in [0, 0.05) is 15.5 Å². The second kappa shape index (κ2) is 5.43. The molecule has 1 amide bonds. The van der Waals surface area contributed by atoms with E-state index in [0.717, 1.165) is 20.9 Å². The summed E-state index contributed by atoms with van der Waals surface area (Å²) >= 11 is 2.21. The Balaban J connectivity index is 2.18. The molecular formula is C13H10FIN2O. The molecule has 18 heavy (non-hydrogen) atoms. The normalized spacial score (nSPS) is 10.2. The first kappa shape index (κ1) is 12.9. The highest BCUT2D eigenvalue weighted by molar-refractivity contribution is 14.1. The molecule has 0 atom stereocenters. The molecule has 1 heterocycles. The van der Waals surface area contributed by atoms with E-state index in [2.05, 4.69) is 32.9 Å². The number of nitrogens with zero attached hydrogens (tertiary/aromatic N) is 1. The number of amides is 1. The van der Waals surface area contributed by atoms with Crippen molar-refractivity contribution in [1.29, 1.82) is 0 Å². The Bertz CT molecular complexity index is 584. The van der Waals surface area contributed by atoms with Gasteiger partial charge in [-0.15, -0.1) is 0 Å². The minimum atomic E-state index is -0.600. The van der Waals surface area contributed by atoms with Crippen molar-refractivity contribution >= 4 is 34.2 Å². The lowest BCUT2D eigenvalue weighted by atomic mass is 10.2. The summed E-state index contributed by atoms with van der Waals surface area (Å²) < 4.78 is 13.7. The zero-order valence-corrected chi connectivity index (χ0v) is 11.7. The molecule has 0 aliphatic carbocycles. The van der Waals surface area contributed by atoms with Gasteiger partial charge in [0.1, 0.15) is 0 Å². The SMILES string of the molecule is Cc1cc(I)ccc1NC(=O)c1ccc(F)nc1. The molecule has 92 valence electrons. The average molecular weight is 356 g/mol. The summed E-state index contributed by atoms with van der Waals surface area (Å²) in [7, 11) is 0. The molecule has 0 bridgehead atoms. The number of hydrogen-bond donors (Lipinski definition) is 1. The van der Waals surface area contributed by atoms with Gasteiger partial charge in [-0.1, -0.05) is 0 Å². The van der Waals surface area contributed by atoms with Crippen LogP contribution in [0.1, 0.15) is 15.9 Å². The number of rotatable bonds is 2. The van der Waals surface area contributed by atoms with E-state index in [0.29, 0.717) is 5.56 Å². The largest absolute Gasteiger partial charge is 0.322 e. The van der Waals surface area contributed by atoms with Crippen LogP contribution in [0.4, 0.5) is 10.1 Å². The van der Waals surface area contributed by atoms with E-state index in [4.69, 9.17) is 0 Å². The molecule has 3 nitrogen and oxygen atoms in total. The van der Waals surface area contributed by atoms with Gasteiger partial charge in [0.25, 0.3) is 5.91 Å². The Hall–Kier alpha value is -1.50. The third kappa shape index (κ3) is 3.04. The van der Waals surface area contributed by atoms with Crippen molar-refractivity contribution in [1.82, 2.24) is 4.98 Å². The second-order valence-electron chi connectivity index (χ2n) is 3.78. The van der Waals surface area contributed by atoms with Crippen molar-refractivity contribution in [2.45, 2.75) is 6.92 Å². The predicted molar refractivity (Wildman–Crippen MR) is 76.0 cm³/mol. The third-order valence-corrected chi connectivity index (χ3v) is 3.10. The summed E-state index contributed by atoms with van der Waals surface area (Å²) in [6.07, 6.45) is 1.21. The number of anilines is 1. The summed E-state index contributed by atoms with van der Waals surface area (Å²) in [4.78, 5) is 15.3. The van der Waals surface area contributed by atoms with Crippen LogP contribution in [-0.2, 0) is 0 Å². The van der Waals surface area contributed by atoms with Crippen LogP contribution in [-0.4, -0.2) is 10.9 Å². The fourth-order valence-corrected chi connectivity index (χ4v) is 2.12. The number of nitrogens with one attached hydrogen (secondary N) is 1. The Morgan fingerprint density at radius 2 is 2.11 bits per heavy atom. The van der Waals surface area contributed by atoms with Crippen molar-refractivity contribution in [2.24, 2.45) is 0 Å². The van der Waals surface area contributed by atoms with E-state index in [1.807, 2.05) is 25.1 Å². The predicted octanol–water partition coefficient (Wildman–Crippen LogP) is 3.39. The third-order valence-electron chi connectivity index (χ3n) is 2.43. The second-order valence-corrected chi connectivity index (χ2v) is 5.03. The Labute approximate surface area is 118 Å². The number of carbonyl (C=O) groups excluding carboxylic acids is 1. The standard InChI is InChI=1S/C13H10FIN2O/c1-8-6-10(15)3-4-11(8)17-13(18)9-2-5-12(14)16-7-9/h2-7H,1H3,(H,17,18). The minimum absolute atomic E-state index is 0.299. The molecule has 0 aliphatic heterocycles. The zero-order valence-electron chi connectivity index (χ0n) is 9.58. The first-order valence-electron chi connectivity index (χ1n) is 5.25. The van der Waals surface area contributed by atoms with E-state index in [1.165, 1.54) is 12.3 Å². The first-order chi connectivity index (χ1) is 8.56. The molecule has 0 saturated carbocycles. The van der Waals surface area contributed by atoms with E-state index >= 15 is 0 Å². The summed E-state index contributed by atoms with van der Waals surface area (Å²) in [5, 5.41) is 2.77. The molecule has 0 fully saturated rings. The highest BCUT2D eigenvalue weighted by atomic mass is 127. The number of aryl methyl sites for hydroxylation is 1. The van der Waals surface area contributed by atoms with Crippen molar-refractivity contribution in [2.75, 3.05) is 5.32 Å². The fourth-order valence-electron chi connectivity index (χ4n) is 1.47. The lowest BCUT2D eigenvalue weighted by molar-refractivity contribution is 0.102.